The number of amides is 1. The van der Waals surface area contributed by atoms with Gasteiger partial charge in [0.15, 0.2) is 0 Å². The summed E-state index contributed by atoms with van der Waals surface area (Å²) >= 11 is 0. The molecule has 0 aliphatic carbocycles. The predicted molar refractivity (Wildman–Crippen MR) is 124 cm³/mol. The number of carbonyl (C=O) groups excluding carboxylic acids is 1. The molecule has 1 aromatic carbocycles. The van der Waals surface area contributed by atoms with Crippen LogP contribution in [0.4, 0.5) is 11.8 Å². The Labute approximate surface area is 187 Å². The smallest absolute Gasteiger partial charge is 0.255 e. The van der Waals surface area contributed by atoms with Crippen molar-refractivity contribution in [2.45, 2.75) is 25.8 Å². The van der Waals surface area contributed by atoms with Crippen LogP contribution in [0.3, 0.4) is 0 Å². The van der Waals surface area contributed by atoms with Gasteiger partial charge in [0.05, 0.1) is 14.2 Å². The summed E-state index contributed by atoms with van der Waals surface area (Å²) < 4.78 is 10.5. The number of allylic oxidation sites excluding steroid dienone is 1. The Morgan fingerprint density at radius 1 is 1.16 bits per heavy atom. The molecule has 1 amide bonds. The van der Waals surface area contributed by atoms with E-state index < -0.39 is 5.91 Å². The molecule has 0 saturated carbocycles. The number of aromatic nitrogens is 2. The number of hydrogen-bond donors (Lipinski definition) is 3. The average Bonchev–Trinajstić information content (AvgIpc) is 2.78. The number of primary amides is 1. The summed E-state index contributed by atoms with van der Waals surface area (Å²) in [6, 6.07) is 5.44. The second kappa shape index (κ2) is 10.4. The lowest BCUT2D eigenvalue weighted by molar-refractivity contribution is 0.100. The fourth-order valence-electron chi connectivity index (χ4n) is 3.47. The molecular weight excluding hydrogens is 408 g/mol. The van der Waals surface area contributed by atoms with E-state index in [1.54, 1.807) is 32.4 Å². The SMILES string of the molecule is CC=CN1CCC(Nc2nc(N)c(C(N)=O)c(C#Cc3cc(OC)cc(OC)c3)n2)CC1. The Balaban J connectivity index is 1.89. The molecule has 2 heterocycles. The zero-order valence-corrected chi connectivity index (χ0v) is 18.5. The molecule has 9 heteroatoms. The fourth-order valence-corrected chi connectivity index (χ4v) is 3.47. The molecule has 0 atom stereocenters. The van der Waals surface area contributed by atoms with Crippen LogP contribution < -0.4 is 26.3 Å². The number of carbonyl (C=O) groups is 1. The number of anilines is 2. The van der Waals surface area contributed by atoms with Crippen LogP contribution in [0.5, 0.6) is 11.5 Å². The van der Waals surface area contributed by atoms with E-state index in [1.165, 1.54) is 0 Å². The molecule has 1 fully saturated rings. The molecule has 2 aromatic rings. The van der Waals surface area contributed by atoms with Gasteiger partial charge in [-0.1, -0.05) is 12.0 Å². The normalized spacial score (nSPS) is 14.0. The number of nitrogen functional groups attached to an aromatic ring is 1. The molecule has 0 radical (unpaired) electrons. The highest BCUT2D eigenvalue weighted by Crippen LogP contribution is 2.23. The number of methoxy groups -OCH3 is 2. The zero-order chi connectivity index (χ0) is 23.1. The Morgan fingerprint density at radius 2 is 1.81 bits per heavy atom. The van der Waals surface area contributed by atoms with E-state index in [1.807, 2.05) is 13.0 Å². The van der Waals surface area contributed by atoms with Gasteiger partial charge in [0.25, 0.3) is 5.91 Å². The first-order chi connectivity index (χ1) is 15.4. The summed E-state index contributed by atoms with van der Waals surface area (Å²) in [6.07, 6.45) is 5.97. The monoisotopic (exact) mass is 436 g/mol. The van der Waals surface area contributed by atoms with Crippen LogP contribution in [0.1, 0.15) is 41.4 Å². The molecule has 0 spiro atoms. The molecule has 1 aliphatic heterocycles. The van der Waals surface area contributed by atoms with Crippen LogP contribution in [0.25, 0.3) is 0 Å². The summed E-state index contributed by atoms with van der Waals surface area (Å²) in [5.74, 6) is 6.66. The highest BCUT2D eigenvalue weighted by atomic mass is 16.5. The van der Waals surface area contributed by atoms with Crippen molar-refractivity contribution < 1.29 is 14.3 Å². The molecule has 0 unspecified atom stereocenters. The molecule has 1 saturated heterocycles. The molecular formula is C23H28N6O3. The van der Waals surface area contributed by atoms with Crippen molar-refractivity contribution in [1.82, 2.24) is 14.9 Å². The average molecular weight is 437 g/mol. The topological polar surface area (TPSA) is 129 Å². The molecule has 0 bridgehead atoms. The molecule has 3 rings (SSSR count). The van der Waals surface area contributed by atoms with Gasteiger partial charge in [0.2, 0.25) is 5.95 Å². The highest BCUT2D eigenvalue weighted by molar-refractivity contribution is 5.99. The summed E-state index contributed by atoms with van der Waals surface area (Å²) in [7, 11) is 3.12. The van der Waals surface area contributed by atoms with Crippen LogP contribution in [-0.4, -0.2) is 54.1 Å². The molecule has 32 heavy (non-hydrogen) atoms. The lowest BCUT2D eigenvalue weighted by Crippen LogP contribution is -2.36. The van der Waals surface area contributed by atoms with E-state index in [2.05, 4.69) is 38.2 Å². The van der Waals surface area contributed by atoms with Crippen LogP contribution in [0.2, 0.25) is 0 Å². The van der Waals surface area contributed by atoms with E-state index in [0.29, 0.717) is 23.0 Å². The third-order valence-corrected chi connectivity index (χ3v) is 5.08. The minimum Gasteiger partial charge on any atom is -0.497 e. The lowest BCUT2D eigenvalue weighted by atomic mass is 10.1. The molecule has 168 valence electrons. The van der Waals surface area contributed by atoms with Crippen LogP contribution in [0.15, 0.2) is 30.5 Å². The Morgan fingerprint density at radius 3 is 2.38 bits per heavy atom. The van der Waals surface area contributed by atoms with E-state index in [-0.39, 0.29) is 23.1 Å². The van der Waals surface area contributed by atoms with Gasteiger partial charge >= 0.3 is 0 Å². The number of benzene rings is 1. The van der Waals surface area contributed by atoms with Crippen molar-refractivity contribution in [3.63, 3.8) is 0 Å². The van der Waals surface area contributed by atoms with Gasteiger partial charge in [-0.2, -0.15) is 4.98 Å². The third-order valence-electron chi connectivity index (χ3n) is 5.08. The predicted octanol–water partition coefficient (Wildman–Crippen LogP) is 1.98. The Kier molecular flexibility index (Phi) is 7.39. The molecule has 9 nitrogen and oxygen atoms in total. The van der Waals surface area contributed by atoms with Gasteiger partial charge < -0.3 is 31.2 Å². The van der Waals surface area contributed by atoms with Crippen molar-refractivity contribution in [3.05, 3.63) is 47.3 Å². The number of nitrogens with one attached hydrogen (secondary N) is 1. The van der Waals surface area contributed by atoms with Crippen molar-refractivity contribution >= 4 is 17.7 Å². The van der Waals surface area contributed by atoms with Gasteiger partial charge in [-0.15, -0.1) is 0 Å². The van der Waals surface area contributed by atoms with Crippen molar-refractivity contribution in [3.8, 4) is 23.3 Å². The maximum absolute atomic E-state index is 12.0. The highest BCUT2D eigenvalue weighted by Gasteiger charge is 2.20. The Hall–Kier alpha value is -3.93. The summed E-state index contributed by atoms with van der Waals surface area (Å²) in [6.45, 7) is 3.87. The molecule has 5 N–H and O–H groups in total. The first-order valence-electron chi connectivity index (χ1n) is 10.3. The number of rotatable bonds is 6. The van der Waals surface area contributed by atoms with Crippen molar-refractivity contribution in [1.29, 1.82) is 0 Å². The van der Waals surface area contributed by atoms with E-state index >= 15 is 0 Å². The minimum atomic E-state index is -0.735. The summed E-state index contributed by atoms with van der Waals surface area (Å²) in [5.41, 5.74) is 12.3. The number of ether oxygens (including phenoxy) is 2. The number of likely N-dealkylation sites (tertiary alicyclic amines) is 1. The Bertz CT molecular complexity index is 1040. The first kappa shape index (κ1) is 22.7. The van der Waals surface area contributed by atoms with E-state index in [9.17, 15) is 4.79 Å². The fraction of sp³-hybridized carbons (Fsp3) is 0.348. The molecule has 1 aromatic heterocycles. The third kappa shape index (κ3) is 5.60. The standard InChI is InChI=1S/C23H28N6O3/c1-4-9-29-10-7-16(8-11-29)26-23-27-19(20(22(25)30)21(24)28-23)6-5-15-12-17(31-2)14-18(13-15)32-3/h4,9,12-14,16H,7-8,10-11H2,1-3H3,(H2,25,30)(H3,24,26,27,28). The van der Waals surface area contributed by atoms with Gasteiger partial charge in [0, 0.05) is 30.8 Å². The van der Waals surface area contributed by atoms with E-state index in [4.69, 9.17) is 20.9 Å². The van der Waals surface area contributed by atoms with Crippen LogP contribution in [0, 0.1) is 11.8 Å². The van der Waals surface area contributed by atoms with Crippen molar-refractivity contribution in [2.24, 2.45) is 5.73 Å². The second-order valence-electron chi connectivity index (χ2n) is 7.31. The summed E-state index contributed by atoms with van der Waals surface area (Å²) in [5, 5.41) is 3.31. The van der Waals surface area contributed by atoms with Crippen molar-refractivity contribution in [2.75, 3.05) is 38.4 Å². The number of piperidine rings is 1. The second-order valence-corrected chi connectivity index (χ2v) is 7.31. The largest absolute Gasteiger partial charge is 0.497 e. The quantitative estimate of drug-likeness (QED) is 0.587. The van der Waals surface area contributed by atoms with E-state index in [0.717, 1.165) is 25.9 Å². The van der Waals surface area contributed by atoms with Gasteiger partial charge in [-0.3, -0.25) is 4.79 Å². The van der Waals surface area contributed by atoms with Gasteiger partial charge in [-0.05, 0) is 44.0 Å². The summed E-state index contributed by atoms with van der Waals surface area (Å²) in [4.78, 5) is 22.9. The van der Waals surface area contributed by atoms with Crippen LogP contribution in [-0.2, 0) is 0 Å². The first-order valence-corrected chi connectivity index (χ1v) is 10.3. The number of hydrogen-bond acceptors (Lipinski definition) is 8. The van der Waals surface area contributed by atoms with Gasteiger partial charge in [-0.25, -0.2) is 4.98 Å². The van der Waals surface area contributed by atoms with Gasteiger partial charge in [0.1, 0.15) is 28.6 Å². The maximum Gasteiger partial charge on any atom is 0.255 e. The minimum absolute atomic E-state index is 0.000753. The molecule has 1 aliphatic rings. The maximum atomic E-state index is 12.0. The number of nitrogens with zero attached hydrogens (tertiary/aromatic N) is 3. The van der Waals surface area contributed by atoms with Crippen LogP contribution >= 0.6 is 0 Å². The zero-order valence-electron chi connectivity index (χ0n) is 18.5. The number of nitrogens with two attached hydrogens (primary N) is 2. The lowest BCUT2D eigenvalue weighted by Gasteiger charge is -2.31.